The van der Waals surface area contributed by atoms with Gasteiger partial charge in [-0.25, -0.2) is 4.99 Å². The van der Waals surface area contributed by atoms with Crippen LogP contribution in [0.5, 0.6) is 11.5 Å². The summed E-state index contributed by atoms with van der Waals surface area (Å²) in [6.45, 7) is 1.73. The molecule has 0 fully saturated rings. The molecule has 4 rings (SSSR count). The largest absolute Gasteiger partial charge is 0.497 e. The van der Waals surface area contributed by atoms with E-state index in [1.165, 1.54) is 11.8 Å². The molecule has 0 saturated heterocycles. The Kier molecular flexibility index (Phi) is 6.03. The summed E-state index contributed by atoms with van der Waals surface area (Å²) >= 11 is 1.35. The van der Waals surface area contributed by atoms with Crippen LogP contribution in [0, 0.1) is 6.92 Å². The molecule has 0 aliphatic carbocycles. The van der Waals surface area contributed by atoms with Crippen molar-refractivity contribution < 1.29 is 18.7 Å². The van der Waals surface area contributed by atoms with Crippen molar-refractivity contribution in [3.63, 3.8) is 0 Å². The lowest BCUT2D eigenvalue weighted by Gasteiger charge is -2.18. The Morgan fingerprint density at radius 1 is 1.06 bits per heavy atom. The smallest absolute Gasteiger partial charge is 0.283 e. The first-order valence-electron chi connectivity index (χ1n) is 9.42. The fourth-order valence-corrected chi connectivity index (χ4v) is 3.80. The lowest BCUT2D eigenvalue weighted by Crippen LogP contribution is -2.30. The monoisotopic (exact) mass is 436 g/mol. The van der Waals surface area contributed by atoms with Crippen LogP contribution >= 0.6 is 11.8 Å². The number of rotatable bonds is 6. The maximum absolute atomic E-state index is 13.3. The Labute approximate surface area is 183 Å². The van der Waals surface area contributed by atoms with Crippen molar-refractivity contribution in [2.45, 2.75) is 12.7 Å². The molecule has 158 valence electrons. The molecule has 0 bridgehead atoms. The van der Waals surface area contributed by atoms with Gasteiger partial charge in [-0.2, -0.15) is 0 Å². The van der Waals surface area contributed by atoms with Crippen molar-refractivity contribution in [2.24, 2.45) is 4.99 Å². The number of methoxy groups -OCH3 is 2. The Morgan fingerprint density at radius 2 is 1.84 bits per heavy atom. The number of thioether (sulfide) groups is 1. The maximum Gasteiger partial charge on any atom is 0.283 e. The van der Waals surface area contributed by atoms with Crippen LogP contribution in [0.4, 0.5) is 5.69 Å². The molecule has 0 unspecified atom stereocenters. The van der Waals surface area contributed by atoms with Gasteiger partial charge in [-0.05, 0) is 35.9 Å². The van der Waals surface area contributed by atoms with Gasteiger partial charge in [-0.15, -0.1) is 10.2 Å². The number of benzene rings is 2. The summed E-state index contributed by atoms with van der Waals surface area (Å²) in [6.07, 6.45) is 1.75. The first kappa shape index (κ1) is 20.7. The maximum atomic E-state index is 13.3. The van der Waals surface area contributed by atoms with Crippen LogP contribution in [-0.2, 0) is 10.5 Å². The fraction of sp³-hybridized carbons (Fsp3) is 0.182. The average Bonchev–Trinajstić information content (AvgIpc) is 3.35. The molecule has 8 nitrogen and oxygen atoms in total. The number of aromatic nitrogens is 2. The number of aliphatic imine (C=N–C) groups is 1. The van der Waals surface area contributed by atoms with Gasteiger partial charge < -0.3 is 13.9 Å². The van der Waals surface area contributed by atoms with Crippen LogP contribution in [0.15, 0.2) is 63.6 Å². The second-order valence-corrected chi connectivity index (χ2v) is 7.49. The van der Waals surface area contributed by atoms with Gasteiger partial charge in [0, 0.05) is 13.0 Å². The fourth-order valence-electron chi connectivity index (χ4n) is 2.95. The number of amidine groups is 1. The van der Waals surface area contributed by atoms with Gasteiger partial charge in [-0.1, -0.05) is 30.0 Å². The minimum Gasteiger partial charge on any atom is -0.497 e. The Morgan fingerprint density at radius 3 is 2.52 bits per heavy atom. The van der Waals surface area contributed by atoms with E-state index in [0.717, 1.165) is 11.3 Å². The zero-order chi connectivity index (χ0) is 21.8. The predicted octanol–water partition coefficient (Wildman–Crippen LogP) is 4.07. The highest BCUT2D eigenvalue weighted by Crippen LogP contribution is 2.32. The summed E-state index contributed by atoms with van der Waals surface area (Å²) in [6, 6.07) is 14.7. The molecule has 0 saturated carbocycles. The SMILES string of the molecule is COc1ccc(/C=C2\N=C(SCc3nnc(C)o3)N(c3cccc(OC)c3)C2=O)cc1. The molecule has 9 heteroatoms. The minimum atomic E-state index is -0.228. The first-order chi connectivity index (χ1) is 15.1. The molecule has 0 N–H and O–H groups in total. The quantitative estimate of drug-likeness (QED) is 0.538. The van der Waals surface area contributed by atoms with E-state index in [2.05, 4.69) is 15.2 Å². The number of aryl methyl sites for hydroxylation is 1. The third-order valence-corrected chi connectivity index (χ3v) is 5.38. The van der Waals surface area contributed by atoms with Gasteiger partial charge in [0.05, 0.1) is 25.7 Å². The summed E-state index contributed by atoms with van der Waals surface area (Å²) in [7, 11) is 3.19. The van der Waals surface area contributed by atoms with E-state index in [9.17, 15) is 4.79 Å². The van der Waals surface area contributed by atoms with Gasteiger partial charge in [0.25, 0.3) is 5.91 Å². The number of carbonyl (C=O) groups excluding carboxylic acids is 1. The molecule has 0 radical (unpaired) electrons. The minimum absolute atomic E-state index is 0.228. The zero-order valence-corrected chi connectivity index (χ0v) is 18.0. The molecule has 2 aromatic carbocycles. The standard InChI is InChI=1S/C22H20N4O4S/c1-14-24-25-20(30-14)13-31-22-23-19(11-15-7-9-17(28-2)10-8-15)21(27)26(22)16-5-4-6-18(12-16)29-3/h4-12H,13H2,1-3H3/b19-11-. The van der Waals surface area contributed by atoms with Crippen LogP contribution in [0.2, 0.25) is 0 Å². The topological polar surface area (TPSA) is 90.1 Å². The number of carbonyl (C=O) groups is 1. The third kappa shape index (κ3) is 4.61. The van der Waals surface area contributed by atoms with E-state index in [4.69, 9.17) is 13.9 Å². The highest BCUT2D eigenvalue weighted by Gasteiger charge is 2.32. The van der Waals surface area contributed by atoms with E-state index in [1.54, 1.807) is 38.2 Å². The van der Waals surface area contributed by atoms with Crippen molar-refractivity contribution in [1.82, 2.24) is 10.2 Å². The molecule has 0 spiro atoms. The molecule has 0 atom stereocenters. The number of amides is 1. The second kappa shape index (κ2) is 9.05. The van der Waals surface area contributed by atoms with Crippen LogP contribution < -0.4 is 14.4 Å². The lowest BCUT2D eigenvalue weighted by atomic mass is 10.2. The Hall–Kier alpha value is -3.59. The third-order valence-electron chi connectivity index (χ3n) is 4.45. The number of ether oxygens (including phenoxy) is 2. The molecule has 1 amide bonds. The summed E-state index contributed by atoms with van der Waals surface area (Å²) in [5.74, 6) is 2.51. The van der Waals surface area contributed by atoms with Crippen molar-refractivity contribution in [3.05, 3.63) is 71.6 Å². The van der Waals surface area contributed by atoms with Crippen LogP contribution in [-0.4, -0.2) is 35.5 Å². The van der Waals surface area contributed by atoms with Crippen LogP contribution in [0.3, 0.4) is 0 Å². The van der Waals surface area contributed by atoms with Crippen molar-refractivity contribution in [2.75, 3.05) is 19.1 Å². The second-order valence-electron chi connectivity index (χ2n) is 6.54. The lowest BCUT2D eigenvalue weighted by molar-refractivity contribution is -0.113. The van der Waals surface area contributed by atoms with Crippen LogP contribution in [0.1, 0.15) is 17.3 Å². The number of hydrogen-bond donors (Lipinski definition) is 0. The summed E-state index contributed by atoms with van der Waals surface area (Å²) < 4.78 is 16.0. The van der Waals surface area contributed by atoms with Gasteiger partial charge in [0.2, 0.25) is 11.8 Å². The summed E-state index contributed by atoms with van der Waals surface area (Å²) in [4.78, 5) is 19.4. The molecule has 1 aromatic heterocycles. The number of anilines is 1. The van der Waals surface area contributed by atoms with Crippen molar-refractivity contribution in [3.8, 4) is 11.5 Å². The number of hydrogen-bond acceptors (Lipinski definition) is 8. The van der Waals surface area contributed by atoms with Gasteiger partial charge in [0.15, 0.2) is 5.17 Å². The van der Waals surface area contributed by atoms with Crippen molar-refractivity contribution in [1.29, 1.82) is 0 Å². The highest BCUT2D eigenvalue weighted by molar-refractivity contribution is 8.13. The molecular formula is C22H20N4O4S. The Balaban J connectivity index is 1.66. The Bertz CT molecular complexity index is 1150. The predicted molar refractivity (Wildman–Crippen MR) is 119 cm³/mol. The van der Waals surface area contributed by atoms with Gasteiger partial charge in [0.1, 0.15) is 17.2 Å². The summed E-state index contributed by atoms with van der Waals surface area (Å²) in [5, 5.41) is 8.38. The molecular weight excluding hydrogens is 416 g/mol. The van der Waals surface area contributed by atoms with E-state index < -0.39 is 0 Å². The molecule has 3 aromatic rings. The molecule has 31 heavy (non-hydrogen) atoms. The van der Waals surface area contributed by atoms with E-state index in [-0.39, 0.29) is 5.91 Å². The summed E-state index contributed by atoms with van der Waals surface area (Å²) in [5.41, 5.74) is 1.84. The zero-order valence-electron chi connectivity index (χ0n) is 17.2. The highest BCUT2D eigenvalue weighted by atomic mass is 32.2. The van der Waals surface area contributed by atoms with E-state index >= 15 is 0 Å². The van der Waals surface area contributed by atoms with Gasteiger partial charge in [-0.3, -0.25) is 9.69 Å². The first-order valence-corrected chi connectivity index (χ1v) is 10.4. The van der Waals surface area contributed by atoms with Crippen molar-refractivity contribution >= 4 is 34.6 Å². The van der Waals surface area contributed by atoms with E-state index in [1.807, 2.05) is 42.5 Å². The van der Waals surface area contributed by atoms with E-state index in [0.29, 0.717) is 39.8 Å². The molecule has 1 aliphatic heterocycles. The molecule has 2 heterocycles. The normalized spacial score (nSPS) is 14.8. The number of nitrogens with zero attached hydrogens (tertiary/aromatic N) is 4. The van der Waals surface area contributed by atoms with Gasteiger partial charge >= 0.3 is 0 Å². The molecule has 1 aliphatic rings. The van der Waals surface area contributed by atoms with Crippen LogP contribution in [0.25, 0.3) is 6.08 Å². The average molecular weight is 436 g/mol.